The highest BCUT2D eigenvalue weighted by atomic mass is 16.3. The smallest absolute Gasteiger partial charge is 0.0695 e. The molecule has 21 heavy (non-hydrogen) atoms. The van der Waals surface area contributed by atoms with Crippen LogP contribution < -0.4 is 5.32 Å². The third-order valence-electron chi connectivity index (χ3n) is 5.78. The first-order valence-corrected chi connectivity index (χ1v) is 9.15. The third kappa shape index (κ3) is 4.67. The molecule has 3 nitrogen and oxygen atoms in total. The van der Waals surface area contributed by atoms with Crippen molar-refractivity contribution in [3.63, 3.8) is 0 Å². The molecule has 2 saturated carbocycles. The van der Waals surface area contributed by atoms with Crippen molar-refractivity contribution in [2.24, 2.45) is 11.3 Å². The van der Waals surface area contributed by atoms with Gasteiger partial charge in [-0.1, -0.05) is 39.5 Å². The van der Waals surface area contributed by atoms with Crippen LogP contribution in [0.15, 0.2) is 0 Å². The molecule has 124 valence electrons. The largest absolute Gasteiger partial charge is 0.391 e. The number of hydrogen-bond donors (Lipinski definition) is 2. The zero-order chi connectivity index (χ0) is 15.3. The molecular formula is C18H36N2O. The molecule has 0 heterocycles. The van der Waals surface area contributed by atoms with Gasteiger partial charge in [0.2, 0.25) is 0 Å². The van der Waals surface area contributed by atoms with Gasteiger partial charge in [0, 0.05) is 19.1 Å². The summed E-state index contributed by atoms with van der Waals surface area (Å²) >= 11 is 0. The number of aliphatic hydroxyl groups is 1. The van der Waals surface area contributed by atoms with E-state index in [1.165, 1.54) is 44.9 Å². The van der Waals surface area contributed by atoms with Crippen LogP contribution in [-0.4, -0.2) is 48.8 Å². The normalized spacial score (nSPS) is 37.9. The Morgan fingerprint density at radius 2 is 1.95 bits per heavy atom. The zero-order valence-electron chi connectivity index (χ0n) is 14.4. The summed E-state index contributed by atoms with van der Waals surface area (Å²) in [6.07, 6.45) is 9.98. The van der Waals surface area contributed by atoms with Crippen LogP contribution in [0.3, 0.4) is 0 Å². The topological polar surface area (TPSA) is 35.5 Å². The summed E-state index contributed by atoms with van der Waals surface area (Å²) in [5, 5.41) is 13.9. The van der Waals surface area contributed by atoms with Gasteiger partial charge in [0.15, 0.2) is 0 Å². The van der Waals surface area contributed by atoms with Gasteiger partial charge >= 0.3 is 0 Å². The Labute approximate surface area is 131 Å². The fourth-order valence-corrected chi connectivity index (χ4v) is 4.77. The van der Waals surface area contributed by atoms with Crippen LogP contribution in [0.5, 0.6) is 0 Å². The maximum atomic E-state index is 10.3. The lowest BCUT2D eigenvalue weighted by Crippen LogP contribution is -2.51. The molecule has 2 aliphatic carbocycles. The minimum atomic E-state index is -0.110. The minimum absolute atomic E-state index is 0.110. The molecule has 2 fully saturated rings. The van der Waals surface area contributed by atoms with Crippen LogP contribution >= 0.6 is 0 Å². The van der Waals surface area contributed by atoms with Crippen LogP contribution in [0.2, 0.25) is 0 Å². The molecule has 0 bridgehead atoms. The Kier molecular flexibility index (Phi) is 6.51. The molecule has 0 saturated heterocycles. The van der Waals surface area contributed by atoms with E-state index < -0.39 is 0 Å². The van der Waals surface area contributed by atoms with E-state index in [1.807, 2.05) is 0 Å². The van der Waals surface area contributed by atoms with E-state index in [4.69, 9.17) is 0 Å². The highest BCUT2D eigenvalue weighted by Gasteiger charge is 2.38. The van der Waals surface area contributed by atoms with Gasteiger partial charge in [0.1, 0.15) is 0 Å². The predicted octanol–water partition coefficient (Wildman–Crippen LogP) is 3.03. The standard InChI is InChI=1S/C18H36N2O/c1-4-19-13-18(11-7-8-15(2)12-18)14-20(3)16-9-5-6-10-17(16)21/h15-17,19,21H,4-14H2,1-3H3. The molecule has 0 aromatic rings. The lowest BCUT2D eigenvalue weighted by atomic mass is 9.69. The summed E-state index contributed by atoms with van der Waals surface area (Å²) in [4.78, 5) is 2.49. The van der Waals surface area contributed by atoms with Crippen LogP contribution in [-0.2, 0) is 0 Å². The van der Waals surface area contributed by atoms with Gasteiger partial charge in [-0.05, 0) is 50.6 Å². The van der Waals surface area contributed by atoms with Crippen molar-refractivity contribution in [2.45, 2.75) is 77.4 Å². The number of aliphatic hydroxyl groups excluding tert-OH is 1. The van der Waals surface area contributed by atoms with Crippen LogP contribution in [0.4, 0.5) is 0 Å². The van der Waals surface area contributed by atoms with E-state index in [1.54, 1.807) is 0 Å². The first-order chi connectivity index (χ1) is 10.1. The zero-order valence-corrected chi connectivity index (χ0v) is 14.4. The van der Waals surface area contributed by atoms with E-state index in [0.717, 1.165) is 32.0 Å². The van der Waals surface area contributed by atoms with Gasteiger partial charge in [0.25, 0.3) is 0 Å². The SMILES string of the molecule is CCNCC1(CN(C)C2CCCCC2O)CCCC(C)C1. The van der Waals surface area contributed by atoms with Crippen molar-refractivity contribution >= 4 is 0 Å². The Bertz CT molecular complexity index is 310. The first kappa shape index (κ1) is 17.2. The fraction of sp³-hybridized carbons (Fsp3) is 1.00. The Morgan fingerprint density at radius 1 is 1.19 bits per heavy atom. The fourth-order valence-electron chi connectivity index (χ4n) is 4.77. The molecule has 0 radical (unpaired) electrons. The summed E-state index contributed by atoms with van der Waals surface area (Å²) in [6.45, 7) is 7.96. The second-order valence-electron chi connectivity index (χ2n) is 7.82. The third-order valence-corrected chi connectivity index (χ3v) is 5.78. The number of likely N-dealkylation sites (N-methyl/N-ethyl adjacent to an activating group) is 1. The average molecular weight is 296 g/mol. The number of hydrogen-bond acceptors (Lipinski definition) is 3. The highest BCUT2D eigenvalue weighted by Crippen LogP contribution is 2.40. The maximum absolute atomic E-state index is 10.3. The quantitative estimate of drug-likeness (QED) is 0.791. The van der Waals surface area contributed by atoms with E-state index >= 15 is 0 Å². The van der Waals surface area contributed by atoms with Crippen molar-refractivity contribution in [3.05, 3.63) is 0 Å². The van der Waals surface area contributed by atoms with Crippen LogP contribution in [0.1, 0.15) is 65.2 Å². The summed E-state index contributed by atoms with van der Waals surface area (Å²) in [6, 6.07) is 0.384. The van der Waals surface area contributed by atoms with Gasteiger partial charge in [-0.15, -0.1) is 0 Å². The molecule has 2 rings (SSSR count). The van der Waals surface area contributed by atoms with E-state index in [0.29, 0.717) is 11.5 Å². The first-order valence-electron chi connectivity index (χ1n) is 9.15. The molecule has 0 aromatic carbocycles. The lowest BCUT2D eigenvalue weighted by molar-refractivity contribution is -0.000543. The Hall–Kier alpha value is -0.120. The van der Waals surface area contributed by atoms with Gasteiger partial charge in [-0.3, -0.25) is 0 Å². The second-order valence-corrected chi connectivity index (χ2v) is 7.82. The summed E-state index contributed by atoms with van der Waals surface area (Å²) in [7, 11) is 2.24. The molecule has 0 aromatic heterocycles. The van der Waals surface area contributed by atoms with Crippen molar-refractivity contribution < 1.29 is 5.11 Å². The maximum Gasteiger partial charge on any atom is 0.0695 e. The lowest BCUT2D eigenvalue weighted by Gasteiger charge is -2.46. The van der Waals surface area contributed by atoms with E-state index in [-0.39, 0.29) is 6.10 Å². The van der Waals surface area contributed by atoms with Crippen molar-refractivity contribution in [3.8, 4) is 0 Å². The number of nitrogens with zero attached hydrogens (tertiary/aromatic N) is 1. The van der Waals surface area contributed by atoms with E-state index in [2.05, 4.69) is 31.1 Å². The number of nitrogens with one attached hydrogen (secondary N) is 1. The molecule has 2 aliphatic rings. The van der Waals surface area contributed by atoms with Gasteiger partial charge in [-0.2, -0.15) is 0 Å². The Balaban J connectivity index is 1.99. The van der Waals surface area contributed by atoms with Gasteiger partial charge in [-0.25, -0.2) is 0 Å². The molecule has 2 N–H and O–H groups in total. The average Bonchev–Trinajstić information content (AvgIpc) is 2.45. The molecule has 3 heteroatoms. The summed E-state index contributed by atoms with van der Waals surface area (Å²) in [5.41, 5.74) is 0.416. The number of rotatable bonds is 6. The van der Waals surface area contributed by atoms with Crippen molar-refractivity contribution in [1.29, 1.82) is 0 Å². The van der Waals surface area contributed by atoms with Crippen molar-refractivity contribution in [1.82, 2.24) is 10.2 Å². The molecule has 0 spiro atoms. The highest BCUT2D eigenvalue weighted by molar-refractivity contribution is 4.92. The molecular weight excluding hydrogens is 260 g/mol. The summed E-state index contributed by atoms with van der Waals surface area (Å²) in [5.74, 6) is 0.849. The Morgan fingerprint density at radius 3 is 2.62 bits per heavy atom. The minimum Gasteiger partial charge on any atom is -0.391 e. The monoisotopic (exact) mass is 296 g/mol. The molecule has 0 amide bonds. The van der Waals surface area contributed by atoms with Gasteiger partial charge in [0.05, 0.1) is 6.10 Å². The second kappa shape index (κ2) is 7.94. The van der Waals surface area contributed by atoms with E-state index in [9.17, 15) is 5.11 Å². The summed E-state index contributed by atoms with van der Waals surface area (Å²) < 4.78 is 0. The van der Waals surface area contributed by atoms with Crippen molar-refractivity contribution in [2.75, 3.05) is 26.7 Å². The predicted molar refractivity (Wildman–Crippen MR) is 89.5 cm³/mol. The molecule has 4 atom stereocenters. The van der Waals surface area contributed by atoms with Crippen LogP contribution in [0.25, 0.3) is 0 Å². The molecule has 4 unspecified atom stereocenters. The van der Waals surface area contributed by atoms with Gasteiger partial charge < -0.3 is 15.3 Å². The van der Waals surface area contributed by atoms with Crippen LogP contribution in [0, 0.1) is 11.3 Å². The molecule has 0 aliphatic heterocycles.